The molecule has 0 aliphatic rings. The van der Waals surface area contributed by atoms with Crippen molar-refractivity contribution in [2.45, 2.75) is 4.90 Å². The molecule has 1 aromatic carbocycles. The number of benzene rings is 1. The lowest BCUT2D eigenvalue weighted by Crippen LogP contribution is -1.84. The summed E-state index contributed by atoms with van der Waals surface area (Å²) in [4.78, 5) is 1.07. The molecule has 0 fully saturated rings. The fourth-order valence-electron chi connectivity index (χ4n) is 0.693. The van der Waals surface area contributed by atoms with E-state index in [1.54, 1.807) is 0 Å². The van der Waals surface area contributed by atoms with Gasteiger partial charge in [-0.2, -0.15) is 0 Å². The lowest BCUT2D eigenvalue weighted by atomic mass is 10.4. The number of hydrogen-bond acceptors (Lipinski definition) is 1. The number of hydrogen-bond donors (Lipinski definition) is 1. The molecule has 1 nitrogen and oxygen atoms in total. The minimum absolute atomic E-state index is 0.387. The average molecular weight is 218 g/mol. The molecular formula is C7H8BrNS. The van der Waals surface area contributed by atoms with E-state index in [1.807, 2.05) is 30.5 Å². The summed E-state index contributed by atoms with van der Waals surface area (Å²) < 4.78 is 8.50. The molecule has 1 unspecified atom stereocenters. The van der Waals surface area contributed by atoms with Crippen LogP contribution < -0.4 is 0 Å². The molecule has 0 radical (unpaired) electrons. The van der Waals surface area contributed by atoms with Crippen molar-refractivity contribution in [3.05, 3.63) is 28.7 Å². The van der Waals surface area contributed by atoms with Gasteiger partial charge in [-0.1, -0.05) is 22.8 Å². The van der Waals surface area contributed by atoms with Gasteiger partial charge in [-0.3, -0.25) is 4.78 Å². The molecule has 54 valence electrons. The Morgan fingerprint density at radius 1 is 1.40 bits per heavy atom. The van der Waals surface area contributed by atoms with Crippen LogP contribution in [-0.2, 0) is 10.7 Å². The van der Waals surface area contributed by atoms with Crippen LogP contribution in [0.5, 0.6) is 0 Å². The summed E-state index contributed by atoms with van der Waals surface area (Å²) in [5.74, 6) is 0. The first-order chi connectivity index (χ1) is 4.72. The molecule has 10 heavy (non-hydrogen) atoms. The molecule has 0 bridgehead atoms. The van der Waals surface area contributed by atoms with Gasteiger partial charge in [0.15, 0.2) is 0 Å². The third kappa shape index (κ3) is 1.67. The first-order valence-electron chi connectivity index (χ1n) is 2.83. The van der Waals surface area contributed by atoms with E-state index in [9.17, 15) is 0 Å². The zero-order valence-electron chi connectivity index (χ0n) is 5.60. The lowest BCUT2D eigenvalue weighted by molar-refractivity contribution is 1.38. The second kappa shape index (κ2) is 3.30. The summed E-state index contributed by atoms with van der Waals surface area (Å²) in [6, 6.07) is 7.85. The molecule has 1 rings (SSSR count). The maximum atomic E-state index is 7.46. The van der Waals surface area contributed by atoms with Crippen LogP contribution in [0.4, 0.5) is 0 Å². The van der Waals surface area contributed by atoms with Gasteiger partial charge in [0.05, 0.1) is 0 Å². The van der Waals surface area contributed by atoms with E-state index in [-0.39, 0.29) is 10.7 Å². The van der Waals surface area contributed by atoms with Crippen LogP contribution in [0.1, 0.15) is 0 Å². The third-order valence-corrected chi connectivity index (χ3v) is 3.14. The van der Waals surface area contributed by atoms with Crippen molar-refractivity contribution in [2.24, 2.45) is 0 Å². The lowest BCUT2D eigenvalue weighted by Gasteiger charge is -2.00. The van der Waals surface area contributed by atoms with E-state index < -0.39 is 0 Å². The Bertz CT molecular complexity index is 260. The van der Waals surface area contributed by atoms with Gasteiger partial charge in [-0.25, -0.2) is 0 Å². The van der Waals surface area contributed by atoms with Crippen molar-refractivity contribution in [3.63, 3.8) is 0 Å². The second-order valence-corrected chi connectivity index (χ2v) is 4.26. The Hall–Kier alpha value is -0.150. The van der Waals surface area contributed by atoms with E-state index in [0.717, 1.165) is 9.37 Å². The minimum atomic E-state index is -0.387. The predicted octanol–water partition coefficient (Wildman–Crippen LogP) is 2.82. The molecule has 0 saturated carbocycles. The van der Waals surface area contributed by atoms with Crippen LogP contribution in [0.2, 0.25) is 0 Å². The highest BCUT2D eigenvalue weighted by molar-refractivity contribution is 9.10. The normalized spacial score (nSPS) is 13.0. The molecule has 1 N–H and O–H groups in total. The molecule has 1 aromatic rings. The third-order valence-electron chi connectivity index (χ3n) is 1.17. The summed E-state index contributed by atoms with van der Waals surface area (Å²) in [5.41, 5.74) is 0. The van der Waals surface area contributed by atoms with Crippen LogP contribution in [0.3, 0.4) is 0 Å². The van der Waals surface area contributed by atoms with Gasteiger partial charge in [-0.05, 0) is 34.3 Å². The molecule has 0 spiro atoms. The van der Waals surface area contributed by atoms with Crippen molar-refractivity contribution in [2.75, 3.05) is 6.26 Å². The number of rotatable bonds is 1. The Kier molecular flexibility index (Phi) is 2.63. The highest BCUT2D eigenvalue weighted by Crippen LogP contribution is 2.18. The van der Waals surface area contributed by atoms with Crippen LogP contribution in [0.15, 0.2) is 33.6 Å². The zero-order chi connectivity index (χ0) is 7.56. The van der Waals surface area contributed by atoms with E-state index in [4.69, 9.17) is 4.78 Å². The SMILES string of the molecule is CS(=N)c1ccccc1Br. The zero-order valence-corrected chi connectivity index (χ0v) is 8.00. The molecule has 0 aromatic heterocycles. The molecule has 0 saturated heterocycles. The highest BCUT2D eigenvalue weighted by Gasteiger charge is 1.96. The predicted molar refractivity (Wildman–Crippen MR) is 48.4 cm³/mol. The van der Waals surface area contributed by atoms with Crippen molar-refractivity contribution in [1.82, 2.24) is 0 Å². The van der Waals surface area contributed by atoms with Gasteiger partial charge in [0.2, 0.25) is 0 Å². The number of nitrogens with one attached hydrogen (secondary N) is 1. The van der Waals surface area contributed by atoms with Gasteiger partial charge in [-0.15, -0.1) is 0 Å². The van der Waals surface area contributed by atoms with Crippen molar-refractivity contribution >= 4 is 26.6 Å². The largest absolute Gasteiger partial charge is 0.276 e. The molecule has 0 amide bonds. The van der Waals surface area contributed by atoms with Gasteiger partial charge in [0.1, 0.15) is 0 Å². The molecule has 0 heterocycles. The summed E-state index contributed by atoms with van der Waals surface area (Å²) in [6.07, 6.45) is 1.89. The maximum Gasteiger partial charge on any atom is 0.0321 e. The Balaban J connectivity index is 3.15. The van der Waals surface area contributed by atoms with E-state index in [2.05, 4.69) is 15.9 Å². The molecular weight excluding hydrogens is 210 g/mol. The molecule has 0 aliphatic carbocycles. The summed E-state index contributed by atoms with van der Waals surface area (Å²) in [5, 5.41) is 0. The second-order valence-electron chi connectivity index (χ2n) is 1.94. The van der Waals surface area contributed by atoms with Crippen LogP contribution in [-0.4, -0.2) is 6.26 Å². The first-order valence-corrected chi connectivity index (χ1v) is 5.26. The Labute approximate surface area is 71.5 Å². The van der Waals surface area contributed by atoms with Gasteiger partial charge >= 0.3 is 0 Å². The van der Waals surface area contributed by atoms with E-state index in [1.165, 1.54) is 0 Å². The Morgan fingerprint density at radius 3 is 2.40 bits per heavy atom. The maximum absolute atomic E-state index is 7.46. The average Bonchev–Trinajstić information content (AvgIpc) is 1.88. The van der Waals surface area contributed by atoms with Crippen molar-refractivity contribution in [1.29, 1.82) is 4.78 Å². The van der Waals surface area contributed by atoms with Gasteiger partial charge < -0.3 is 0 Å². The fraction of sp³-hybridized carbons (Fsp3) is 0.143. The van der Waals surface area contributed by atoms with Crippen molar-refractivity contribution in [3.8, 4) is 0 Å². The smallest absolute Gasteiger partial charge is 0.0321 e. The summed E-state index contributed by atoms with van der Waals surface area (Å²) in [7, 11) is -0.387. The monoisotopic (exact) mass is 217 g/mol. The first kappa shape index (κ1) is 7.95. The van der Waals surface area contributed by atoms with E-state index in [0.29, 0.717) is 0 Å². The standard InChI is InChI=1S/C7H8BrNS/c1-10(9)7-5-3-2-4-6(7)8/h2-5,9H,1H3. The van der Waals surface area contributed by atoms with Crippen LogP contribution >= 0.6 is 15.9 Å². The number of halogens is 1. The van der Waals surface area contributed by atoms with E-state index >= 15 is 0 Å². The Morgan fingerprint density at radius 2 is 2.00 bits per heavy atom. The van der Waals surface area contributed by atoms with Crippen molar-refractivity contribution < 1.29 is 0 Å². The van der Waals surface area contributed by atoms with Gasteiger partial charge in [0.25, 0.3) is 0 Å². The molecule has 3 heteroatoms. The minimum Gasteiger partial charge on any atom is -0.276 e. The van der Waals surface area contributed by atoms with Gasteiger partial charge in [0, 0.05) is 9.37 Å². The van der Waals surface area contributed by atoms with Crippen LogP contribution in [0.25, 0.3) is 0 Å². The molecule has 1 atom stereocenters. The fourth-order valence-corrected chi connectivity index (χ4v) is 2.35. The van der Waals surface area contributed by atoms with Crippen LogP contribution in [0, 0.1) is 4.78 Å². The summed E-state index contributed by atoms with van der Waals surface area (Å²) in [6.45, 7) is 0. The highest BCUT2D eigenvalue weighted by atomic mass is 79.9. The topological polar surface area (TPSA) is 23.9 Å². The summed E-state index contributed by atoms with van der Waals surface area (Å²) >= 11 is 3.38. The quantitative estimate of drug-likeness (QED) is 0.749. The molecule has 0 aliphatic heterocycles.